The maximum Gasteiger partial charge on any atom is 0.175 e. The molecule has 0 atom stereocenters. The highest BCUT2D eigenvalue weighted by Crippen LogP contribution is 2.23. The van der Waals surface area contributed by atoms with Crippen LogP contribution in [0, 0.1) is 0 Å². The van der Waals surface area contributed by atoms with E-state index in [1.54, 1.807) is 18.2 Å². The fourth-order valence-corrected chi connectivity index (χ4v) is 3.46. The number of aromatic nitrogens is 2. The number of hydrogen-bond acceptors (Lipinski definition) is 5. The number of nitrogens with zero attached hydrogens (tertiary/aromatic N) is 2. The number of fused-ring (bicyclic) bond motifs is 1. The first kappa shape index (κ1) is 17.6. The minimum atomic E-state index is -3.27. The van der Waals surface area contributed by atoms with E-state index >= 15 is 0 Å². The zero-order valence-corrected chi connectivity index (χ0v) is 15.3. The minimum Gasteiger partial charge on any atom is -0.369 e. The van der Waals surface area contributed by atoms with Crippen molar-refractivity contribution in [3.63, 3.8) is 0 Å². The lowest BCUT2D eigenvalue weighted by Gasteiger charge is -2.09. The highest BCUT2D eigenvalue weighted by molar-refractivity contribution is 7.90. The third-order valence-corrected chi connectivity index (χ3v) is 5.20. The molecular formula is C18H18ClN3O2S. The molecule has 25 heavy (non-hydrogen) atoms. The van der Waals surface area contributed by atoms with Gasteiger partial charge < -0.3 is 5.32 Å². The molecule has 7 heteroatoms. The van der Waals surface area contributed by atoms with Crippen molar-refractivity contribution in [3.8, 4) is 0 Å². The fraction of sp³-hybridized carbons (Fsp3) is 0.222. The molecule has 0 fully saturated rings. The van der Waals surface area contributed by atoms with Crippen LogP contribution in [0.3, 0.4) is 0 Å². The van der Waals surface area contributed by atoms with E-state index in [1.807, 2.05) is 24.3 Å². The summed E-state index contributed by atoms with van der Waals surface area (Å²) < 4.78 is 23.5. The Kier molecular flexibility index (Phi) is 5.20. The van der Waals surface area contributed by atoms with E-state index in [9.17, 15) is 8.42 Å². The van der Waals surface area contributed by atoms with E-state index in [2.05, 4.69) is 15.3 Å². The van der Waals surface area contributed by atoms with E-state index in [-0.39, 0.29) is 4.90 Å². The first-order valence-corrected chi connectivity index (χ1v) is 10.1. The molecule has 5 nitrogen and oxygen atoms in total. The third-order valence-electron chi connectivity index (χ3n) is 3.86. The van der Waals surface area contributed by atoms with Gasteiger partial charge in [-0.15, -0.1) is 0 Å². The topological polar surface area (TPSA) is 72.0 Å². The Bertz CT molecular complexity index is 1010. The van der Waals surface area contributed by atoms with Crippen molar-refractivity contribution >= 4 is 38.2 Å². The van der Waals surface area contributed by atoms with Gasteiger partial charge in [0.1, 0.15) is 12.1 Å². The molecule has 3 rings (SSSR count). The summed E-state index contributed by atoms with van der Waals surface area (Å²) in [5.74, 6) is 0.640. The molecule has 0 aliphatic rings. The van der Waals surface area contributed by atoms with Gasteiger partial charge in [0.05, 0.1) is 10.4 Å². The Hall–Kier alpha value is -2.18. The predicted molar refractivity (Wildman–Crippen MR) is 101 cm³/mol. The minimum absolute atomic E-state index is 0.261. The molecule has 0 amide bonds. The molecule has 1 N–H and O–H groups in total. The monoisotopic (exact) mass is 375 g/mol. The maximum atomic E-state index is 11.8. The van der Waals surface area contributed by atoms with Gasteiger partial charge in [0.2, 0.25) is 0 Å². The zero-order chi connectivity index (χ0) is 17.9. The van der Waals surface area contributed by atoms with E-state index < -0.39 is 9.84 Å². The second-order valence-corrected chi connectivity index (χ2v) is 8.29. The Labute approximate surface area is 152 Å². The summed E-state index contributed by atoms with van der Waals surface area (Å²) in [6, 6.07) is 12.7. The van der Waals surface area contributed by atoms with Crippen LogP contribution in [-0.4, -0.2) is 31.2 Å². The van der Waals surface area contributed by atoms with Crippen LogP contribution >= 0.6 is 11.6 Å². The van der Waals surface area contributed by atoms with Crippen molar-refractivity contribution in [3.05, 3.63) is 59.4 Å². The predicted octanol–water partition coefficient (Wildman–Crippen LogP) is 3.73. The molecule has 0 saturated heterocycles. The zero-order valence-electron chi connectivity index (χ0n) is 13.7. The second-order valence-electron chi connectivity index (χ2n) is 5.83. The Balaban J connectivity index is 1.72. The quantitative estimate of drug-likeness (QED) is 0.664. The van der Waals surface area contributed by atoms with E-state index in [1.165, 1.54) is 18.1 Å². The molecule has 0 saturated carbocycles. The largest absolute Gasteiger partial charge is 0.369 e. The van der Waals surface area contributed by atoms with Crippen LogP contribution in [0.4, 0.5) is 5.82 Å². The molecular weight excluding hydrogens is 358 g/mol. The Morgan fingerprint density at radius 3 is 2.72 bits per heavy atom. The van der Waals surface area contributed by atoms with Crippen LogP contribution in [0.25, 0.3) is 10.9 Å². The average Bonchev–Trinajstić information content (AvgIpc) is 2.57. The third kappa shape index (κ3) is 4.46. The lowest BCUT2D eigenvalue weighted by molar-refractivity contribution is 0.602. The molecule has 0 unspecified atom stereocenters. The number of anilines is 1. The van der Waals surface area contributed by atoms with E-state index in [0.717, 1.165) is 17.9 Å². The fourth-order valence-electron chi connectivity index (χ4n) is 2.60. The van der Waals surface area contributed by atoms with Gasteiger partial charge in [-0.05, 0) is 48.7 Å². The summed E-state index contributed by atoms with van der Waals surface area (Å²) in [4.78, 5) is 8.70. The summed E-state index contributed by atoms with van der Waals surface area (Å²) in [6.07, 6.45) is 4.46. The summed E-state index contributed by atoms with van der Waals surface area (Å²) >= 11 is 5.99. The van der Waals surface area contributed by atoms with Crippen LogP contribution in [0.5, 0.6) is 0 Å². The molecule has 2 aromatic carbocycles. The Morgan fingerprint density at radius 2 is 1.96 bits per heavy atom. The molecule has 3 aromatic rings. The van der Waals surface area contributed by atoms with Gasteiger partial charge in [0.15, 0.2) is 9.84 Å². The van der Waals surface area contributed by atoms with Gasteiger partial charge in [-0.1, -0.05) is 23.7 Å². The smallest absolute Gasteiger partial charge is 0.175 e. The number of rotatable bonds is 6. The molecule has 1 heterocycles. The van der Waals surface area contributed by atoms with E-state index in [0.29, 0.717) is 23.3 Å². The van der Waals surface area contributed by atoms with Gasteiger partial charge in [-0.25, -0.2) is 18.4 Å². The first-order chi connectivity index (χ1) is 11.9. The van der Waals surface area contributed by atoms with Crippen molar-refractivity contribution < 1.29 is 8.42 Å². The van der Waals surface area contributed by atoms with Crippen LogP contribution in [-0.2, 0) is 16.3 Å². The van der Waals surface area contributed by atoms with E-state index in [4.69, 9.17) is 11.6 Å². The van der Waals surface area contributed by atoms with Gasteiger partial charge >= 0.3 is 0 Å². The molecule has 0 aliphatic carbocycles. The van der Waals surface area contributed by atoms with Crippen molar-refractivity contribution in [1.29, 1.82) is 0 Å². The lowest BCUT2D eigenvalue weighted by Crippen LogP contribution is -2.06. The van der Waals surface area contributed by atoms with Crippen LogP contribution in [0.1, 0.15) is 12.0 Å². The standard InChI is InChI=1S/C18H18ClN3O2S/c1-25(23,24)15-7-8-17-16(11-15)18(22-12-21-17)20-9-3-5-13-4-2-6-14(19)10-13/h2,4,6-8,10-12H,3,5,9H2,1H3,(H,20,21,22). The van der Waals surface area contributed by atoms with Gasteiger partial charge in [-0.3, -0.25) is 0 Å². The number of nitrogens with one attached hydrogen (secondary N) is 1. The van der Waals surface area contributed by atoms with Crippen LogP contribution < -0.4 is 5.32 Å². The molecule has 0 spiro atoms. The highest BCUT2D eigenvalue weighted by Gasteiger charge is 2.10. The highest BCUT2D eigenvalue weighted by atomic mass is 35.5. The SMILES string of the molecule is CS(=O)(=O)c1ccc2ncnc(NCCCc3cccc(Cl)c3)c2c1. The average molecular weight is 376 g/mol. The number of halogens is 1. The van der Waals surface area contributed by atoms with Crippen molar-refractivity contribution in [2.45, 2.75) is 17.7 Å². The van der Waals surface area contributed by atoms with Gasteiger partial charge in [0, 0.05) is 23.2 Å². The van der Waals surface area contributed by atoms with Gasteiger partial charge in [-0.2, -0.15) is 0 Å². The van der Waals surface area contributed by atoms with Gasteiger partial charge in [0.25, 0.3) is 0 Å². The Morgan fingerprint density at radius 1 is 1.12 bits per heavy atom. The first-order valence-electron chi connectivity index (χ1n) is 7.86. The van der Waals surface area contributed by atoms with Crippen LogP contribution in [0.2, 0.25) is 5.02 Å². The number of benzene rings is 2. The molecule has 0 bridgehead atoms. The number of aryl methyl sites for hydroxylation is 1. The molecule has 0 radical (unpaired) electrons. The van der Waals surface area contributed by atoms with Crippen molar-refractivity contribution in [2.24, 2.45) is 0 Å². The van der Waals surface area contributed by atoms with Crippen LogP contribution in [0.15, 0.2) is 53.7 Å². The summed E-state index contributed by atoms with van der Waals surface area (Å²) in [7, 11) is -3.27. The molecule has 0 aliphatic heterocycles. The number of sulfone groups is 1. The summed E-state index contributed by atoms with van der Waals surface area (Å²) in [5.41, 5.74) is 1.89. The molecule has 1 aromatic heterocycles. The second kappa shape index (κ2) is 7.37. The summed E-state index contributed by atoms with van der Waals surface area (Å²) in [5, 5.41) is 4.71. The summed E-state index contributed by atoms with van der Waals surface area (Å²) in [6.45, 7) is 0.710. The normalized spacial score (nSPS) is 11.6. The lowest BCUT2D eigenvalue weighted by atomic mass is 10.1. The number of hydrogen-bond donors (Lipinski definition) is 1. The van der Waals surface area contributed by atoms with Crippen molar-refractivity contribution in [2.75, 3.05) is 18.1 Å². The molecule has 130 valence electrons. The maximum absolute atomic E-state index is 11.8. The van der Waals surface area contributed by atoms with Crippen molar-refractivity contribution in [1.82, 2.24) is 9.97 Å².